The quantitative estimate of drug-likeness (QED) is 0.339. The van der Waals surface area contributed by atoms with E-state index in [2.05, 4.69) is 10.1 Å². The zero-order valence-corrected chi connectivity index (χ0v) is 21.4. The summed E-state index contributed by atoms with van der Waals surface area (Å²) in [5.41, 5.74) is 8.13. The minimum Gasteiger partial charge on any atom is -0.479 e. The number of carbonyl (C=O) groups excluding carboxylic acids is 1. The van der Waals surface area contributed by atoms with Gasteiger partial charge in [-0.2, -0.15) is 0 Å². The first kappa shape index (κ1) is 29.3. The molecule has 1 heterocycles. The molecule has 208 valence electrons. The Kier molecular flexibility index (Phi) is 10.8. The smallest absolute Gasteiger partial charge is 0.335 e. The van der Waals surface area contributed by atoms with E-state index in [9.17, 15) is 14.4 Å². The molecule has 11 heteroatoms. The number of benzene rings is 1. The molecule has 2 aromatic rings. The summed E-state index contributed by atoms with van der Waals surface area (Å²) < 4.78 is 5.56. The summed E-state index contributed by atoms with van der Waals surface area (Å²) in [4.78, 5) is 35.2. The molecule has 0 saturated heterocycles. The average molecular weight is 532 g/mol. The van der Waals surface area contributed by atoms with E-state index in [1.807, 2.05) is 24.3 Å². The lowest BCUT2D eigenvalue weighted by Gasteiger charge is -2.41. The van der Waals surface area contributed by atoms with Crippen LogP contribution in [0.25, 0.3) is 11.3 Å². The van der Waals surface area contributed by atoms with Gasteiger partial charge in [-0.05, 0) is 37.3 Å². The molecule has 2 atom stereocenters. The van der Waals surface area contributed by atoms with Crippen molar-refractivity contribution in [2.24, 2.45) is 5.73 Å². The van der Waals surface area contributed by atoms with Crippen LogP contribution in [-0.2, 0) is 16.1 Å². The van der Waals surface area contributed by atoms with Gasteiger partial charge in [0, 0.05) is 30.3 Å². The van der Waals surface area contributed by atoms with Crippen LogP contribution in [0.3, 0.4) is 0 Å². The summed E-state index contributed by atoms with van der Waals surface area (Å²) in [7, 11) is 0. The number of aromatic nitrogens is 1. The maximum Gasteiger partial charge on any atom is 0.335 e. The van der Waals surface area contributed by atoms with Crippen molar-refractivity contribution >= 4 is 17.8 Å². The van der Waals surface area contributed by atoms with E-state index in [1.54, 1.807) is 6.07 Å². The second-order valence-corrected chi connectivity index (χ2v) is 9.84. The van der Waals surface area contributed by atoms with Crippen LogP contribution < -0.4 is 5.73 Å². The first-order chi connectivity index (χ1) is 18.2. The zero-order chi connectivity index (χ0) is 27.7. The van der Waals surface area contributed by atoms with Gasteiger partial charge in [0.2, 0.25) is 0 Å². The van der Waals surface area contributed by atoms with Gasteiger partial charge in [0.25, 0.3) is 5.91 Å². The van der Waals surface area contributed by atoms with Crippen molar-refractivity contribution in [1.82, 2.24) is 10.1 Å². The molecule has 0 bridgehead atoms. The van der Waals surface area contributed by atoms with Gasteiger partial charge in [0.05, 0.1) is 0 Å². The van der Waals surface area contributed by atoms with Crippen molar-refractivity contribution in [2.45, 2.75) is 95.0 Å². The number of amides is 1. The van der Waals surface area contributed by atoms with Crippen LogP contribution in [-0.4, -0.2) is 72.6 Å². The standard InChI is InChI=1S/C23H31N3O2.C4H6O6/c24-16-17-8-7-9-18(14-17)22-15-21(25-28-22)23(27)26(19-10-3-1-4-11-19)20-12-5-2-6-13-20;5-1(3(7)8)2(6)4(9)10/h7-9,14-15,19-20H,1-6,10-13,16,24H2;1-2,5-6H,(H,7,8)(H,9,10)/t;1-,2-/m.1/s1. The molecule has 2 saturated carbocycles. The Labute approximate surface area is 221 Å². The molecule has 0 aliphatic heterocycles. The number of nitrogens with zero attached hydrogens (tertiary/aromatic N) is 2. The van der Waals surface area contributed by atoms with Crippen LogP contribution in [0, 0.1) is 0 Å². The molecule has 11 nitrogen and oxygen atoms in total. The normalized spacial score (nSPS) is 18.1. The van der Waals surface area contributed by atoms with Crippen molar-refractivity contribution in [3.63, 3.8) is 0 Å². The molecule has 4 rings (SSSR count). The van der Waals surface area contributed by atoms with E-state index < -0.39 is 24.1 Å². The Morgan fingerprint density at radius 2 is 1.42 bits per heavy atom. The van der Waals surface area contributed by atoms with E-state index in [0.29, 0.717) is 30.1 Å². The number of rotatable bonds is 8. The maximum atomic E-state index is 13.5. The monoisotopic (exact) mass is 531 g/mol. The first-order valence-electron chi connectivity index (χ1n) is 13.1. The lowest BCUT2D eigenvalue weighted by molar-refractivity contribution is -0.165. The van der Waals surface area contributed by atoms with Crippen LogP contribution in [0.2, 0.25) is 0 Å². The molecule has 2 fully saturated rings. The van der Waals surface area contributed by atoms with Crippen LogP contribution in [0.15, 0.2) is 34.9 Å². The van der Waals surface area contributed by atoms with Crippen LogP contribution in [0.5, 0.6) is 0 Å². The summed E-state index contributed by atoms with van der Waals surface area (Å²) in [6.45, 7) is 0.477. The molecule has 1 amide bonds. The van der Waals surface area contributed by atoms with Crippen molar-refractivity contribution in [3.8, 4) is 11.3 Å². The molecule has 0 unspecified atom stereocenters. The van der Waals surface area contributed by atoms with E-state index in [1.165, 1.54) is 38.5 Å². The van der Waals surface area contributed by atoms with Crippen molar-refractivity contribution in [3.05, 3.63) is 41.6 Å². The molecule has 1 aromatic heterocycles. The number of hydrogen-bond acceptors (Lipinski definition) is 8. The van der Waals surface area contributed by atoms with Crippen LogP contribution in [0.1, 0.15) is 80.3 Å². The summed E-state index contributed by atoms with van der Waals surface area (Å²) >= 11 is 0. The SMILES string of the molecule is NCc1cccc(-c2cc(C(=O)N(C3CCCCC3)C3CCCCC3)no2)c1.O=C(O)[C@H](O)[C@@H](O)C(=O)O. The molecule has 2 aliphatic carbocycles. The Morgan fingerprint density at radius 3 is 1.89 bits per heavy atom. The molecule has 0 spiro atoms. The fourth-order valence-corrected chi connectivity index (χ4v) is 5.11. The highest BCUT2D eigenvalue weighted by Gasteiger charge is 2.34. The predicted octanol–water partition coefficient (Wildman–Crippen LogP) is 2.79. The molecular formula is C27H37N3O8. The fraction of sp³-hybridized carbons (Fsp3) is 0.556. The van der Waals surface area contributed by atoms with Gasteiger partial charge in [0.15, 0.2) is 23.7 Å². The van der Waals surface area contributed by atoms with E-state index in [0.717, 1.165) is 36.8 Å². The van der Waals surface area contributed by atoms with Crippen LogP contribution in [0.4, 0.5) is 0 Å². The average Bonchev–Trinajstić information content (AvgIpc) is 3.44. The molecule has 2 aliphatic rings. The minimum absolute atomic E-state index is 0.0452. The number of carbonyl (C=O) groups is 3. The summed E-state index contributed by atoms with van der Waals surface area (Å²) in [5, 5.41) is 36.7. The van der Waals surface area contributed by atoms with Crippen molar-refractivity contribution in [1.29, 1.82) is 0 Å². The van der Waals surface area contributed by atoms with Gasteiger partial charge in [-0.25, -0.2) is 9.59 Å². The van der Waals surface area contributed by atoms with Gasteiger partial charge in [-0.15, -0.1) is 0 Å². The Morgan fingerprint density at radius 1 is 0.895 bits per heavy atom. The maximum absolute atomic E-state index is 13.5. The molecule has 38 heavy (non-hydrogen) atoms. The van der Waals surface area contributed by atoms with Crippen molar-refractivity contribution < 1.29 is 39.3 Å². The van der Waals surface area contributed by atoms with E-state index in [4.69, 9.17) is 30.7 Å². The van der Waals surface area contributed by atoms with Gasteiger partial charge in [-0.3, -0.25) is 4.79 Å². The minimum atomic E-state index is -2.27. The third-order valence-corrected chi connectivity index (χ3v) is 7.15. The number of carboxylic acid groups (broad SMARTS) is 2. The highest BCUT2D eigenvalue weighted by atomic mass is 16.5. The Bertz CT molecular complexity index is 1040. The lowest BCUT2D eigenvalue weighted by Crippen LogP contribution is -2.48. The molecule has 1 aromatic carbocycles. The number of aliphatic hydroxyl groups excluding tert-OH is 2. The Balaban J connectivity index is 0.000000342. The summed E-state index contributed by atoms with van der Waals surface area (Å²) in [5.74, 6) is -2.86. The highest BCUT2D eigenvalue weighted by Crippen LogP contribution is 2.32. The summed E-state index contributed by atoms with van der Waals surface area (Å²) in [6.07, 6.45) is 7.38. The second kappa shape index (κ2) is 14.0. The number of hydrogen-bond donors (Lipinski definition) is 5. The van der Waals surface area contributed by atoms with E-state index >= 15 is 0 Å². The van der Waals surface area contributed by atoms with E-state index in [-0.39, 0.29) is 5.91 Å². The van der Waals surface area contributed by atoms with Gasteiger partial charge in [0.1, 0.15) is 0 Å². The topological polar surface area (TPSA) is 187 Å². The van der Waals surface area contributed by atoms with Gasteiger partial charge < -0.3 is 35.6 Å². The molecule has 0 radical (unpaired) electrons. The molecular weight excluding hydrogens is 494 g/mol. The largest absolute Gasteiger partial charge is 0.479 e. The lowest BCUT2D eigenvalue weighted by atomic mass is 9.88. The predicted molar refractivity (Wildman–Crippen MR) is 137 cm³/mol. The van der Waals surface area contributed by atoms with Gasteiger partial charge >= 0.3 is 11.9 Å². The zero-order valence-electron chi connectivity index (χ0n) is 21.4. The van der Waals surface area contributed by atoms with Crippen LogP contribution >= 0.6 is 0 Å². The number of aliphatic hydroxyl groups is 2. The van der Waals surface area contributed by atoms with Gasteiger partial charge in [-0.1, -0.05) is 61.9 Å². The fourth-order valence-electron chi connectivity index (χ4n) is 5.11. The molecule has 6 N–H and O–H groups in total. The number of carboxylic acids is 2. The Hall–Kier alpha value is -3.28. The second-order valence-electron chi connectivity index (χ2n) is 9.84. The summed E-state index contributed by atoms with van der Waals surface area (Å²) in [6, 6.07) is 10.4. The van der Waals surface area contributed by atoms with Crippen molar-refractivity contribution in [2.75, 3.05) is 0 Å². The first-order valence-corrected chi connectivity index (χ1v) is 13.1. The third kappa shape index (κ3) is 7.62. The third-order valence-electron chi connectivity index (χ3n) is 7.15. The highest BCUT2D eigenvalue weighted by molar-refractivity contribution is 5.93. The number of aliphatic carboxylic acids is 2. The number of nitrogens with two attached hydrogens (primary N) is 1.